The maximum absolute atomic E-state index is 4.60. The maximum atomic E-state index is 4.60. The predicted molar refractivity (Wildman–Crippen MR) is 80.0 cm³/mol. The fourth-order valence-electron chi connectivity index (χ4n) is 2.71. The van der Waals surface area contributed by atoms with E-state index in [9.17, 15) is 0 Å². The zero-order valence-electron chi connectivity index (χ0n) is 12.6. The van der Waals surface area contributed by atoms with Crippen LogP contribution >= 0.6 is 0 Å². The largest absolute Gasteiger partial charge is 0.313 e. The highest BCUT2D eigenvalue weighted by Crippen LogP contribution is 2.29. The monoisotopic (exact) mass is 261 g/mol. The molecule has 0 aromatic carbocycles. The van der Waals surface area contributed by atoms with Crippen LogP contribution < -0.4 is 5.32 Å². The first-order valence-electron chi connectivity index (χ1n) is 7.51. The molecule has 1 saturated heterocycles. The first-order chi connectivity index (χ1) is 9.12. The summed E-state index contributed by atoms with van der Waals surface area (Å²) in [6, 6.07) is 4.38. The smallest absolute Gasteiger partial charge is 0.0544 e. The van der Waals surface area contributed by atoms with Crippen LogP contribution in [0.3, 0.4) is 0 Å². The third kappa shape index (κ3) is 4.02. The first-order valence-corrected chi connectivity index (χ1v) is 7.51. The second-order valence-electron chi connectivity index (χ2n) is 6.17. The van der Waals surface area contributed by atoms with Gasteiger partial charge in [-0.3, -0.25) is 9.88 Å². The maximum Gasteiger partial charge on any atom is 0.0544 e. The lowest BCUT2D eigenvalue weighted by atomic mass is 10.0. The predicted octanol–water partition coefficient (Wildman–Crippen LogP) is 2.96. The second-order valence-corrected chi connectivity index (χ2v) is 6.17. The van der Waals surface area contributed by atoms with Gasteiger partial charge in [-0.15, -0.1) is 0 Å². The average molecular weight is 261 g/mol. The van der Waals surface area contributed by atoms with Crippen molar-refractivity contribution in [3.8, 4) is 0 Å². The van der Waals surface area contributed by atoms with Crippen molar-refractivity contribution in [2.24, 2.45) is 0 Å². The second kappa shape index (κ2) is 6.49. The van der Waals surface area contributed by atoms with E-state index in [2.05, 4.69) is 48.1 Å². The van der Waals surface area contributed by atoms with Crippen LogP contribution in [0.25, 0.3) is 0 Å². The fourth-order valence-corrected chi connectivity index (χ4v) is 2.71. The molecule has 1 aliphatic heterocycles. The highest BCUT2D eigenvalue weighted by molar-refractivity contribution is 5.14. The van der Waals surface area contributed by atoms with Crippen molar-refractivity contribution in [3.63, 3.8) is 0 Å². The number of nitrogens with one attached hydrogen (secondary N) is 1. The molecule has 1 aromatic rings. The summed E-state index contributed by atoms with van der Waals surface area (Å²) in [5.41, 5.74) is 2.80. The van der Waals surface area contributed by atoms with Crippen molar-refractivity contribution >= 4 is 0 Å². The molecule has 2 rings (SSSR count). The Labute approximate surface area is 117 Å². The Balaban J connectivity index is 1.88. The zero-order chi connectivity index (χ0) is 13.7. The van der Waals surface area contributed by atoms with E-state index < -0.39 is 0 Å². The van der Waals surface area contributed by atoms with Crippen molar-refractivity contribution in [1.82, 2.24) is 15.2 Å². The topological polar surface area (TPSA) is 28.2 Å². The molecule has 1 N–H and O–H groups in total. The molecule has 1 fully saturated rings. The van der Waals surface area contributed by atoms with Gasteiger partial charge in [0, 0.05) is 24.8 Å². The molecule has 0 amide bonds. The molecule has 106 valence electrons. The Hall–Kier alpha value is -0.930. The Kier molecular flexibility index (Phi) is 4.94. The van der Waals surface area contributed by atoms with E-state index in [0.717, 1.165) is 19.6 Å². The average Bonchev–Trinajstić information content (AvgIpc) is 2.71. The van der Waals surface area contributed by atoms with Crippen LogP contribution in [0, 0.1) is 0 Å². The summed E-state index contributed by atoms with van der Waals surface area (Å²) in [6.07, 6.45) is 5.80. The summed E-state index contributed by atoms with van der Waals surface area (Å²) in [6.45, 7) is 11.0. The molecule has 0 spiro atoms. The Morgan fingerprint density at radius 3 is 2.79 bits per heavy atom. The molecular formula is C16H27N3. The van der Waals surface area contributed by atoms with Gasteiger partial charge < -0.3 is 5.32 Å². The Morgan fingerprint density at radius 2 is 2.21 bits per heavy atom. The minimum atomic E-state index is 0.336. The summed E-state index contributed by atoms with van der Waals surface area (Å²) < 4.78 is 0. The molecular weight excluding hydrogens is 234 g/mol. The molecule has 0 saturated carbocycles. The zero-order valence-corrected chi connectivity index (χ0v) is 12.6. The standard InChI is InChI=1S/C16H27N3/c1-4-9-17-11-14-6-7-15(18-12-14)13-19-10-5-8-16(19,2)3/h6-7,12,17H,4-5,8-11,13H2,1-3H3. The van der Waals surface area contributed by atoms with Crippen molar-refractivity contribution in [2.75, 3.05) is 13.1 Å². The lowest BCUT2D eigenvalue weighted by Gasteiger charge is -2.31. The van der Waals surface area contributed by atoms with Gasteiger partial charge in [-0.2, -0.15) is 0 Å². The number of hydrogen-bond donors (Lipinski definition) is 1. The van der Waals surface area contributed by atoms with Crippen molar-refractivity contribution in [3.05, 3.63) is 29.6 Å². The Morgan fingerprint density at radius 1 is 1.37 bits per heavy atom. The van der Waals surface area contributed by atoms with E-state index in [-0.39, 0.29) is 0 Å². The van der Waals surface area contributed by atoms with Crippen molar-refractivity contribution < 1.29 is 0 Å². The van der Waals surface area contributed by atoms with E-state index in [0.29, 0.717) is 5.54 Å². The van der Waals surface area contributed by atoms with Gasteiger partial charge in [0.25, 0.3) is 0 Å². The molecule has 0 atom stereocenters. The molecule has 1 aliphatic rings. The van der Waals surface area contributed by atoms with Gasteiger partial charge >= 0.3 is 0 Å². The van der Waals surface area contributed by atoms with Crippen LogP contribution in [0.4, 0.5) is 0 Å². The minimum absolute atomic E-state index is 0.336. The van der Waals surface area contributed by atoms with E-state index in [1.165, 1.54) is 37.1 Å². The van der Waals surface area contributed by atoms with Gasteiger partial charge in [0.2, 0.25) is 0 Å². The summed E-state index contributed by atoms with van der Waals surface area (Å²) in [7, 11) is 0. The van der Waals surface area contributed by atoms with Gasteiger partial charge in [0.15, 0.2) is 0 Å². The number of rotatable bonds is 6. The van der Waals surface area contributed by atoms with Gasteiger partial charge in [0.1, 0.15) is 0 Å². The summed E-state index contributed by atoms with van der Waals surface area (Å²) in [5, 5.41) is 3.41. The number of nitrogens with zero attached hydrogens (tertiary/aromatic N) is 2. The van der Waals surface area contributed by atoms with Gasteiger partial charge in [-0.25, -0.2) is 0 Å². The third-order valence-electron chi connectivity index (χ3n) is 4.07. The molecule has 0 radical (unpaired) electrons. The quantitative estimate of drug-likeness (QED) is 0.798. The third-order valence-corrected chi connectivity index (χ3v) is 4.07. The SMILES string of the molecule is CCCNCc1ccc(CN2CCCC2(C)C)nc1. The lowest BCUT2D eigenvalue weighted by Crippen LogP contribution is -2.37. The minimum Gasteiger partial charge on any atom is -0.313 e. The molecule has 3 heteroatoms. The molecule has 1 aromatic heterocycles. The highest BCUT2D eigenvalue weighted by Gasteiger charge is 2.31. The van der Waals surface area contributed by atoms with Gasteiger partial charge in [-0.1, -0.05) is 13.0 Å². The number of likely N-dealkylation sites (tertiary alicyclic amines) is 1. The van der Waals surface area contributed by atoms with Crippen molar-refractivity contribution in [2.45, 2.75) is 58.7 Å². The normalized spacial score (nSPS) is 18.9. The summed E-state index contributed by atoms with van der Waals surface area (Å²) in [4.78, 5) is 7.15. The van der Waals surface area contributed by atoms with Crippen LogP contribution in [0.1, 0.15) is 51.3 Å². The van der Waals surface area contributed by atoms with Crippen LogP contribution in [0.2, 0.25) is 0 Å². The number of aromatic nitrogens is 1. The van der Waals surface area contributed by atoms with Crippen LogP contribution in [-0.2, 0) is 13.1 Å². The summed E-state index contributed by atoms with van der Waals surface area (Å²) >= 11 is 0. The van der Waals surface area contributed by atoms with Gasteiger partial charge in [0.05, 0.1) is 5.69 Å². The number of hydrogen-bond acceptors (Lipinski definition) is 3. The van der Waals surface area contributed by atoms with E-state index in [1.807, 2.05) is 6.20 Å². The van der Waals surface area contributed by atoms with Gasteiger partial charge in [-0.05, 0) is 57.8 Å². The highest BCUT2D eigenvalue weighted by atomic mass is 15.2. The van der Waals surface area contributed by atoms with E-state index in [4.69, 9.17) is 0 Å². The fraction of sp³-hybridized carbons (Fsp3) is 0.688. The van der Waals surface area contributed by atoms with Crippen LogP contribution in [-0.4, -0.2) is 28.5 Å². The number of pyridine rings is 1. The van der Waals surface area contributed by atoms with Crippen molar-refractivity contribution in [1.29, 1.82) is 0 Å². The summed E-state index contributed by atoms with van der Waals surface area (Å²) in [5.74, 6) is 0. The van der Waals surface area contributed by atoms with Crippen LogP contribution in [0.15, 0.2) is 18.3 Å². The first kappa shape index (κ1) is 14.5. The van der Waals surface area contributed by atoms with E-state index in [1.54, 1.807) is 0 Å². The lowest BCUT2D eigenvalue weighted by molar-refractivity contribution is 0.164. The molecule has 3 nitrogen and oxygen atoms in total. The molecule has 19 heavy (non-hydrogen) atoms. The molecule has 2 heterocycles. The molecule has 0 unspecified atom stereocenters. The molecule has 0 aliphatic carbocycles. The van der Waals surface area contributed by atoms with E-state index >= 15 is 0 Å². The molecule has 0 bridgehead atoms. The van der Waals surface area contributed by atoms with Crippen LogP contribution in [0.5, 0.6) is 0 Å². The Bertz CT molecular complexity index is 383.